The van der Waals surface area contributed by atoms with Crippen LogP contribution in [-0.2, 0) is 0 Å². The maximum atomic E-state index is 5.53. The zero-order chi connectivity index (χ0) is 13.9. The van der Waals surface area contributed by atoms with E-state index in [0.29, 0.717) is 6.61 Å². The Balaban J connectivity index is 1.96. The SMILES string of the molecule is CCOc1ccc2nc(N(C)c3ccccc3)sc2c1. The minimum absolute atomic E-state index is 0.682. The fourth-order valence-corrected chi connectivity index (χ4v) is 3.03. The van der Waals surface area contributed by atoms with Crippen molar-refractivity contribution in [1.82, 2.24) is 4.98 Å². The lowest BCUT2D eigenvalue weighted by atomic mass is 10.3. The van der Waals surface area contributed by atoms with Crippen molar-refractivity contribution in [1.29, 1.82) is 0 Å². The van der Waals surface area contributed by atoms with Gasteiger partial charge in [0.1, 0.15) is 5.75 Å². The molecule has 0 bridgehead atoms. The first-order chi connectivity index (χ1) is 9.78. The number of rotatable bonds is 4. The third-order valence-electron chi connectivity index (χ3n) is 3.09. The summed E-state index contributed by atoms with van der Waals surface area (Å²) in [5.74, 6) is 0.901. The monoisotopic (exact) mass is 284 g/mol. The smallest absolute Gasteiger partial charge is 0.190 e. The third kappa shape index (κ3) is 2.47. The number of aromatic nitrogens is 1. The molecule has 3 nitrogen and oxygen atoms in total. The molecule has 3 rings (SSSR count). The van der Waals surface area contributed by atoms with Gasteiger partial charge in [-0.1, -0.05) is 29.5 Å². The van der Waals surface area contributed by atoms with Crippen LogP contribution in [0.3, 0.4) is 0 Å². The molecule has 0 saturated carbocycles. The van der Waals surface area contributed by atoms with Crippen molar-refractivity contribution < 1.29 is 4.74 Å². The van der Waals surface area contributed by atoms with Crippen LogP contribution >= 0.6 is 11.3 Å². The number of thiazole rings is 1. The number of para-hydroxylation sites is 1. The summed E-state index contributed by atoms with van der Waals surface area (Å²) in [7, 11) is 2.04. The number of benzene rings is 2. The summed E-state index contributed by atoms with van der Waals surface area (Å²) >= 11 is 1.68. The fraction of sp³-hybridized carbons (Fsp3) is 0.188. The molecule has 0 unspecified atom stereocenters. The van der Waals surface area contributed by atoms with Crippen LogP contribution < -0.4 is 9.64 Å². The Morgan fingerprint density at radius 1 is 1.15 bits per heavy atom. The molecule has 0 saturated heterocycles. The molecule has 0 aliphatic heterocycles. The second kappa shape index (κ2) is 5.51. The Bertz CT molecular complexity index is 709. The molecule has 0 atom stereocenters. The summed E-state index contributed by atoms with van der Waals surface area (Å²) in [6, 6.07) is 16.3. The highest BCUT2D eigenvalue weighted by Crippen LogP contribution is 2.33. The summed E-state index contributed by atoms with van der Waals surface area (Å²) < 4.78 is 6.68. The van der Waals surface area contributed by atoms with Gasteiger partial charge in [0, 0.05) is 12.7 Å². The molecule has 102 valence electrons. The third-order valence-corrected chi connectivity index (χ3v) is 4.18. The molecule has 0 fully saturated rings. The average molecular weight is 284 g/mol. The van der Waals surface area contributed by atoms with E-state index < -0.39 is 0 Å². The molecule has 1 heterocycles. The van der Waals surface area contributed by atoms with Crippen LogP contribution in [0.2, 0.25) is 0 Å². The van der Waals surface area contributed by atoms with Crippen LogP contribution in [0.4, 0.5) is 10.8 Å². The highest BCUT2D eigenvalue weighted by Gasteiger charge is 2.10. The Morgan fingerprint density at radius 3 is 2.70 bits per heavy atom. The molecular weight excluding hydrogens is 268 g/mol. The van der Waals surface area contributed by atoms with Gasteiger partial charge in [-0.3, -0.25) is 0 Å². The van der Waals surface area contributed by atoms with Crippen molar-refractivity contribution in [2.75, 3.05) is 18.6 Å². The maximum Gasteiger partial charge on any atom is 0.190 e. The summed E-state index contributed by atoms with van der Waals surface area (Å²) in [6.07, 6.45) is 0. The van der Waals surface area contributed by atoms with Crippen LogP contribution in [0.1, 0.15) is 6.92 Å². The van der Waals surface area contributed by atoms with Crippen molar-refractivity contribution >= 4 is 32.4 Å². The van der Waals surface area contributed by atoms with E-state index in [1.165, 1.54) is 0 Å². The molecule has 20 heavy (non-hydrogen) atoms. The highest BCUT2D eigenvalue weighted by molar-refractivity contribution is 7.22. The highest BCUT2D eigenvalue weighted by atomic mass is 32.1. The fourth-order valence-electron chi connectivity index (χ4n) is 2.05. The van der Waals surface area contributed by atoms with Crippen LogP contribution in [-0.4, -0.2) is 18.6 Å². The maximum absolute atomic E-state index is 5.53. The molecule has 1 aromatic heterocycles. The van der Waals surface area contributed by atoms with E-state index in [-0.39, 0.29) is 0 Å². The first-order valence-corrected chi connectivity index (χ1v) is 7.42. The van der Waals surface area contributed by atoms with E-state index in [9.17, 15) is 0 Å². The Labute approximate surface area is 122 Å². The molecular formula is C16H16N2OS. The number of fused-ring (bicyclic) bond motifs is 1. The first-order valence-electron chi connectivity index (χ1n) is 6.60. The van der Waals surface area contributed by atoms with Crippen LogP contribution in [0.15, 0.2) is 48.5 Å². The van der Waals surface area contributed by atoms with Crippen LogP contribution in [0, 0.1) is 0 Å². The van der Waals surface area contributed by atoms with Gasteiger partial charge in [-0.05, 0) is 37.3 Å². The predicted molar refractivity (Wildman–Crippen MR) is 85.3 cm³/mol. The second-order valence-electron chi connectivity index (χ2n) is 4.45. The van der Waals surface area contributed by atoms with Crippen molar-refractivity contribution in [3.63, 3.8) is 0 Å². The summed E-state index contributed by atoms with van der Waals surface area (Å²) in [4.78, 5) is 6.78. The van der Waals surface area contributed by atoms with E-state index in [1.807, 2.05) is 44.3 Å². The second-order valence-corrected chi connectivity index (χ2v) is 5.46. The predicted octanol–water partition coefficient (Wildman–Crippen LogP) is 4.46. The van der Waals surface area contributed by atoms with Crippen molar-refractivity contribution in [2.45, 2.75) is 6.92 Å². The topological polar surface area (TPSA) is 25.4 Å². The van der Waals surface area contributed by atoms with Crippen LogP contribution in [0.25, 0.3) is 10.2 Å². The minimum Gasteiger partial charge on any atom is -0.494 e. The molecule has 0 spiro atoms. The van der Waals surface area contributed by atoms with Gasteiger partial charge in [0.2, 0.25) is 0 Å². The van der Waals surface area contributed by atoms with E-state index in [1.54, 1.807) is 11.3 Å². The Hall–Kier alpha value is -2.07. The van der Waals surface area contributed by atoms with Crippen molar-refractivity contribution in [2.24, 2.45) is 0 Å². The quantitative estimate of drug-likeness (QED) is 0.707. The zero-order valence-electron chi connectivity index (χ0n) is 11.5. The number of nitrogens with zero attached hydrogens (tertiary/aromatic N) is 2. The van der Waals surface area contributed by atoms with Gasteiger partial charge in [0.15, 0.2) is 5.13 Å². The molecule has 0 aliphatic carbocycles. The van der Waals surface area contributed by atoms with Crippen LogP contribution in [0.5, 0.6) is 5.75 Å². The molecule has 0 N–H and O–H groups in total. The average Bonchev–Trinajstić information content (AvgIpc) is 2.91. The Morgan fingerprint density at radius 2 is 1.95 bits per heavy atom. The number of ether oxygens (including phenoxy) is 1. The van der Waals surface area contributed by atoms with Gasteiger partial charge >= 0.3 is 0 Å². The first kappa shape index (κ1) is 12.9. The lowest BCUT2D eigenvalue weighted by Crippen LogP contribution is -2.08. The van der Waals surface area contributed by atoms with Gasteiger partial charge in [-0.25, -0.2) is 4.98 Å². The largest absolute Gasteiger partial charge is 0.494 e. The zero-order valence-corrected chi connectivity index (χ0v) is 12.4. The molecule has 2 aromatic carbocycles. The van der Waals surface area contributed by atoms with Gasteiger partial charge in [0.05, 0.1) is 16.8 Å². The standard InChI is InChI=1S/C16H16N2OS/c1-3-19-13-9-10-14-15(11-13)20-16(17-14)18(2)12-7-5-4-6-8-12/h4-11H,3H2,1-2H3. The van der Waals surface area contributed by atoms with E-state index >= 15 is 0 Å². The van der Waals surface area contributed by atoms with Gasteiger partial charge in [0.25, 0.3) is 0 Å². The van der Waals surface area contributed by atoms with Crippen molar-refractivity contribution in [3.05, 3.63) is 48.5 Å². The Kier molecular flexibility index (Phi) is 3.56. The molecule has 3 aromatic rings. The van der Waals surface area contributed by atoms with E-state index in [4.69, 9.17) is 4.74 Å². The summed E-state index contributed by atoms with van der Waals surface area (Å²) in [5.41, 5.74) is 2.15. The molecule has 4 heteroatoms. The number of hydrogen-bond acceptors (Lipinski definition) is 4. The summed E-state index contributed by atoms with van der Waals surface area (Å²) in [6.45, 7) is 2.67. The molecule has 0 aliphatic rings. The van der Waals surface area contributed by atoms with Gasteiger partial charge < -0.3 is 9.64 Å². The number of anilines is 2. The number of hydrogen-bond donors (Lipinski definition) is 0. The molecule has 0 radical (unpaired) electrons. The molecule has 0 amide bonds. The normalized spacial score (nSPS) is 10.7. The van der Waals surface area contributed by atoms with E-state index in [0.717, 1.165) is 26.8 Å². The van der Waals surface area contributed by atoms with E-state index in [2.05, 4.69) is 28.1 Å². The van der Waals surface area contributed by atoms with Gasteiger partial charge in [-0.2, -0.15) is 0 Å². The lowest BCUT2D eigenvalue weighted by Gasteiger charge is -2.15. The van der Waals surface area contributed by atoms with Gasteiger partial charge in [-0.15, -0.1) is 0 Å². The van der Waals surface area contributed by atoms with Crippen molar-refractivity contribution in [3.8, 4) is 5.75 Å². The summed E-state index contributed by atoms with van der Waals surface area (Å²) in [5, 5.41) is 0.986. The minimum atomic E-state index is 0.682. The lowest BCUT2D eigenvalue weighted by molar-refractivity contribution is 0.341.